The highest BCUT2D eigenvalue weighted by Gasteiger charge is 2.31. The fourth-order valence-corrected chi connectivity index (χ4v) is 5.13. The van der Waals surface area contributed by atoms with E-state index in [1.807, 2.05) is 23.1 Å². The second kappa shape index (κ2) is 12.4. The second-order valence-corrected chi connectivity index (χ2v) is 9.76. The first-order valence-corrected chi connectivity index (χ1v) is 13.0. The van der Waals surface area contributed by atoms with Crippen LogP contribution < -0.4 is 20.7 Å². The predicted molar refractivity (Wildman–Crippen MR) is 143 cm³/mol. The van der Waals surface area contributed by atoms with Crippen LogP contribution in [-0.2, 0) is 9.59 Å². The Kier molecular flexibility index (Phi) is 8.83. The number of carboxylic acid groups (broad SMARTS) is 1. The summed E-state index contributed by atoms with van der Waals surface area (Å²) in [7, 11) is 1.63. The number of hydrogen-bond acceptors (Lipinski definition) is 5. The number of fused-ring (bicyclic) bond motifs is 1. The zero-order valence-corrected chi connectivity index (χ0v) is 21.5. The third-order valence-corrected chi connectivity index (χ3v) is 7.09. The van der Waals surface area contributed by atoms with E-state index in [4.69, 9.17) is 9.84 Å². The van der Waals surface area contributed by atoms with Crippen molar-refractivity contribution < 1.29 is 29.0 Å². The Morgan fingerprint density at radius 1 is 1.05 bits per heavy atom. The van der Waals surface area contributed by atoms with Gasteiger partial charge in [-0.05, 0) is 61.6 Å². The summed E-state index contributed by atoms with van der Waals surface area (Å²) in [6, 6.07) is 11.5. The first-order valence-electron chi connectivity index (χ1n) is 13.0. The molecule has 0 radical (unpaired) electrons. The van der Waals surface area contributed by atoms with Crippen LogP contribution in [0.4, 0.5) is 16.2 Å². The molecule has 0 saturated carbocycles. The zero-order chi connectivity index (χ0) is 27.1. The molecular weight excluding hydrogens is 488 g/mol. The lowest BCUT2D eigenvalue weighted by Crippen LogP contribution is -2.51. The van der Waals surface area contributed by atoms with Gasteiger partial charge in [0.15, 0.2) is 0 Å². The highest BCUT2D eigenvalue weighted by atomic mass is 16.5. The molecule has 2 heterocycles. The highest BCUT2D eigenvalue weighted by Crippen LogP contribution is 2.30. The summed E-state index contributed by atoms with van der Waals surface area (Å²) in [6.07, 6.45) is 3.40. The van der Waals surface area contributed by atoms with Crippen molar-refractivity contribution in [3.63, 3.8) is 0 Å². The van der Waals surface area contributed by atoms with Crippen LogP contribution in [0.25, 0.3) is 0 Å². The fourth-order valence-electron chi connectivity index (χ4n) is 5.13. The van der Waals surface area contributed by atoms with Gasteiger partial charge in [-0.3, -0.25) is 19.7 Å². The number of benzene rings is 2. The molecule has 4 rings (SSSR count). The predicted octanol–water partition coefficient (Wildman–Crippen LogP) is 4.19. The van der Waals surface area contributed by atoms with E-state index < -0.39 is 18.0 Å². The number of anilines is 2. The summed E-state index contributed by atoms with van der Waals surface area (Å²) in [6.45, 7) is 1.19. The number of methoxy groups -OCH3 is 1. The zero-order valence-electron chi connectivity index (χ0n) is 21.5. The fraction of sp³-hybridized carbons (Fsp3) is 0.429. The molecule has 2 aromatic carbocycles. The van der Waals surface area contributed by atoms with Crippen LogP contribution in [-0.4, -0.2) is 60.1 Å². The maximum Gasteiger partial charge on any atom is 0.409 e. The van der Waals surface area contributed by atoms with Crippen molar-refractivity contribution in [2.24, 2.45) is 0 Å². The number of rotatable bonds is 4. The van der Waals surface area contributed by atoms with Gasteiger partial charge in [0.25, 0.3) is 5.91 Å². The van der Waals surface area contributed by atoms with E-state index in [1.165, 1.54) is 18.2 Å². The maximum atomic E-state index is 13.7. The molecule has 2 atom stereocenters. The lowest BCUT2D eigenvalue weighted by Gasteiger charge is -2.35. The summed E-state index contributed by atoms with van der Waals surface area (Å²) in [5.74, 6) is 0.0997. The lowest BCUT2D eigenvalue weighted by atomic mass is 9.90. The van der Waals surface area contributed by atoms with Crippen LogP contribution in [0.5, 0.6) is 5.75 Å². The van der Waals surface area contributed by atoms with E-state index in [0.29, 0.717) is 32.4 Å². The number of carbonyl (C=O) groups is 4. The molecule has 0 bridgehead atoms. The Labute approximate surface area is 221 Å². The van der Waals surface area contributed by atoms with Crippen LogP contribution in [0.3, 0.4) is 0 Å². The molecule has 1 fully saturated rings. The normalized spacial score (nSPS) is 20.6. The molecule has 2 aliphatic heterocycles. The molecule has 0 aliphatic carbocycles. The van der Waals surface area contributed by atoms with E-state index in [0.717, 1.165) is 30.6 Å². The number of carbonyl (C=O) groups excluding carboxylic acids is 3. The van der Waals surface area contributed by atoms with Crippen molar-refractivity contribution in [1.29, 1.82) is 0 Å². The van der Waals surface area contributed by atoms with E-state index in [9.17, 15) is 19.2 Å². The summed E-state index contributed by atoms with van der Waals surface area (Å²) >= 11 is 0. The van der Waals surface area contributed by atoms with Gasteiger partial charge in [0.1, 0.15) is 11.8 Å². The Balaban J connectivity index is 1.54. The number of hydrogen-bond donors (Lipinski definition) is 4. The molecule has 10 heteroatoms. The Bertz CT molecular complexity index is 1200. The molecule has 4 amide bonds. The van der Waals surface area contributed by atoms with Gasteiger partial charge in [0, 0.05) is 31.1 Å². The number of amides is 4. The standard InChI is InChI=1S/C28H34N4O6/c1-38-21-9-5-7-18(15-21)19-8-6-14-32(17-19)27(35)23-10-3-2-4-11-25(33)30-24-16-20(29-28(36)37)12-13-22(24)26(34)31-23/h5,7,9,12-13,15-16,19,23,29H,2-4,6,8,10-11,14,17H2,1H3,(H,30,33)(H,31,34)(H,36,37). The minimum Gasteiger partial charge on any atom is -0.497 e. The van der Waals surface area contributed by atoms with E-state index in [2.05, 4.69) is 22.0 Å². The lowest BCUT2D eigenvalue weighted by molar-refractivity contribution is -0.134. The summed E-state index contributed by atoms with van der Waals surface area (Å²) < 4.78 is 5.37. The van der Waals surface area contributed by atoms with Gasteiger partial charge in [0.2, 0.25) is 11.8 Å². The average Bonchev–Trinajstić information content (AvgIpc) is 2.91. The van der Waals surface area contributed by atoms with Gasteiger partial charge in [-0.2, -0.15) is 0 Å². The van der Waals surface area contributed by atoms with Gasteiger partial charge in [-0.15, -0.1) is 0 Å². The minimum atomic E-state index is -1.26. The SMILES string of the molecule is COc1cccc(C2CCCN(C(=O)C3CCCCCC(=O)Nc4cc(NC(=O)O)ccc4C(=O)N3)C2)c1. The molecule has 0 aromatic heterocycles. The first kappa shape index (κ1) is 27.0. The Hall–Kier alpha value is -4.08. The van der Waals surface area contributed by atoms with Gasteiger partial charge in [0.05, 0.1) is 18.4 Å². The molecule has 4 N–H and O–H groups in total. The van der Waals surface area contributed by atoms with E-state index >= 15 is 0 Å². The molecule has 38 heavy (non-hydrogen) atoms. The van der Waals surface area contributed by atoms with E-state index in [-0.39, 0.29) is 41.1 Å². The topological polar surface area (TPSA) is 137 Å². The van der Waals surface area contributed by atoms with Crippen molar-refractivity contribution in [3.8, 4) is 5.75 Å². The molecule has 2 aromatic rings. The van der Waals surface area contributed by atoms with Gasteiger partial charge in [-0.1, -0.05) is 25.0 Å². The number of nitrogens with zero attached hydrogens (tertiary/aromatic N) is 1. The maximum absolute atomic E-state index is 13.7. The monoisotopic (exact) mass is 522 g/mol. The van der Waals surface area contributed by atoms with E-state index in [1.54, 1.807) is 7.11 Å². The third kappa shape index (κ3) is 6.81. The summed E-state index contributed by atoms with van der Waals surface area (Å²) in [5, 5.41) is 16.9. The molecule has 10 nitrogen and oxygen atoms in total. The number of ether oxygens (including phenoxy) is 1. The van der Waals surface area contributed by atoms with Crippen LogP contribution in [0, 0.1) is 0 Å². The smallest absolute Gasteiger partial charge is 0.409 e. The molecule has 2 unspecified atom stereocenters. The average molecular weight is 523 g/mol. The number of piperidine rings is 1. The Morgan fingerprint density at radius 2 is 1.89 bits per heavy atom. The molecular formula is C28H34N4O6. The third-order valence-electron chi connectivity index (χ3n) is 7.09. The van der Waals surface area contributed by atoms with Gasteiger partial charge < -0.3 is 25.4 Å². The van der Waals surface area contributed by atoms with Crippen LogP contribution in [0.2, 0.25) is 0 Å². The molecule has 202 valence electrons. The summed E-state index contributed by atoms with van der Waals surface area (Å²) in [5.41, 5.74) is 1.71. The van der Waals surface area contributed by atoms with Crippen molar-refractivity contribution in [2.45, 2.75) is 56.9 Å². The van der Waals surface area contributed by atoms with Gasteiger partial charge in [-0.25, -0.2) is 4.79 Å². The van der Waals surface area contributed by atoms with Gasteiger partial charge >= 0.3 is 6.09 Å². The van der Waals surface area contributed by atoms with Crippen LogP contribution in [0.15, 0.2) is 42.5 Å². The van der Waals surface area contributed by atoms with Crippen molar-refractivity contribution in [1.82, 2.24) is 10.2 Å². The Morgan fingerprint density at radius 3 is 2.68 bits per heavy atom. The molecule has 2 aliphatic rings. The number of likely N-dealkylation sites (tertiary alicyclic amines) is 1. The van der Waals surface area contributed by atoms with Crippen molar-refractivity contribution in [3.05, 3.63) is 53.6 Å². The molecule has 0 spiro atoms. The van der Waals surface area contributed by atoms with Crippen LogP contribution >= 0.6 is 0 Å². The highest BCUT2D eigenvalue weighted by molar-refractivity contribution is 6.06. The second-order valence-electron chi connectivity index (χ2n) is 9.76. The van der Waals surface area contributed by atoms with Crippen molar-refractivity contribution in [2.75, 3.05) is 30.8 Å². The molecule has 1 saturated heterocycles. The van der Waals surface area contributed by atoms with Crippen LogP contribution in [0.1, 0.15) is 66.8 Å². The minimum absolute atomic E-state index is 0.113. The largest absolute Gasteiger partial charge is 0.497 e. The quantitative estimate of drug-likeness (QED) is 0.475. The van der Waals surface area contributed by atoms with Crippen molar-refractivity contribution >= 4 is 35.2 Å². The summed E-state index contributed by atoms with van der Waals surface area (Å²) in [4.78, 5) is 52.4. The first-order chi connectivity index (χ1) is 18.3. The number of nitrogens with one attached hydrogen (secondary N) is 3.